The maximum Gasteiger partial charge on any atom is 0.191 e. The number of aromatic amines is 1. The molecule has 0 atom stereocenters. The van der Waals surface area contributed by atoms with Crippen molar-refractivity contribution in [3.05, 3.63) is 60.3 Å². The average molecular weight is 455 g/mol. The lowest BCUT2D eigenvalue weighted by molar-refractivity contribution is 0.629. The third kappa shape index (κ3) is 5.22. The first-order chi connectivity index (χ1) is 11.8. The van der Waals surface area contributed by atoms with Gasteiger partial charge in [-0.25, -0.2) is 4.39 Å². The minimum Gasteiger partial charge on any atom is -0.361 e. The zero-order chi connectivity index (χ0) is 16.8. The summed E-state index contributed by atoms with van der Waals surface area (Å²) in [5.74, 6) is 0.562. The molecule has 0 saturated heterocycles. The number of aromatic nitrogens is 2. The fraction of sp³-hybridized carbons (Fsp3) is 0.278. The van der Waals surface area contributed by atoms with Gasteiger partial charge in [0.1, 0.15) is 5.82 Å². The van der Waals surface area contributed by atoms with Gasteiger partial charge in [0, 0.05) is 56.2 Å². The van der Waals surface area contributed by atoms with Crippen LogP contribution in [0.25, 0.3) is 10.9 Å². The van der Waals surface area contributed by atoms with Crippen molar-refractivity contribution >= 4 is 40.8 Å². The number of hydrogen-bond acceptors (Lipinski definition) is 1. The van der Waals surface area contributed by atoms with Crippen molar-refractivity contribution in [3.63, 3.8) is 0 Å². The first-order valence-corrected chi connectivity index (χ1v) is 8.07. The second kappa shape index (κ2) is 9.45. The number of nitrogens with zero attached hydrogens (tertiary/aromatic N) is 2. The molecule has 1 aromatic carbocycles. The summed E-state index contributed by atoms with van der Waals surface area (Å²) in [4.78, 5) is 7.39. The van der Waals surface area contributed by atoms with Crippen molar-refractivity contribution < 1.29 is 4.39 Å². The zero-order valence-electron chi connectivity index (χ0n) is 14.1. The summed E-state index contributed by atoms with van der Waals surface area (Å²) in [6.07, 6.45) is 6.80. The maximum atomic E-state index is 13.4. The molecular formula is C18H23FIN5. The van der Waals surface area contributed by atoms with E-state index in [9.17, 15) is 4.39 Å². The third-order valence-corrected chi connectivity index (χ3v) is 3.97. The van der Waals surface area contributed by atoms with Gasteiger partial charge >= 0.3 is 0 Å². The normalized spacial score (nSPS) is 11.4. The molecule has 0 unspecified atom stereocenters. The molecular weight excluding hydrogens is 432 g/mol. The molecule has 3 rings (SSSR count). The van der Waals surface area contributed by atoms with Crippen LogP contribution in [0.4, 0.5) is 4.39 Å². The molecule has 3 aromatic rings. The predicted molar refractivity (Wildman–Crippen MR) is 111 cm³/mol. The maximum absolute atomic E-state index is 13.4. The molecule has 0 aliphatic rings. The molecule has 0 bridgehead atoms. The Kier molecular flexibility index (Phi) is 7.30. The fourth-order valence-corrected chi connectivity index (χ4v) is 2.72. The summed E-state index contributed by atoms with van der Waals surface area (Å²) < 4.78 is 15.5. The molecule has 7 heteroatoms. The van der Waals surface area contributed by atoms with E-state index in [0.29, 0.717) is 0 Å². The summed E-state index contributed by atoms with van der Waals surface area (Å²) in [6, 6.07) is 8.83. The molecule has 2 heterocycles. The van der Waals surface area contributed by atoms with Gasteiger partial charge in [-0.15, -0.1) is 24.0 Å². The molecule has 3 N–H and O–H groups in total. The summed E-state index contributed by atoms with van der Waals surface area (Å²) in [7, 11) is 1.76. The third-order valence-electron chi connectivity index (χ3n) is 3.97. The first-order valence-electron chi connectivity index (χ1n) is 8.07. The van der Waals surface area contributed by atoms with E-state index in [0.717, 1.165) is 48.5 Å². The molecule has 0 fully saturated rings. The number of halogens is 2. The minimum atomic E-state index is -0.209. The summed E-state index contributed by atoms with van der Waals surface area (Å²) in [5.41, 5.74) is 2.06. The topological polar surface area (TPSA) is 57.1 Å². The lowest BCUT2D eigenvalue weighted by atomic mass is 10.1. The Labute approximate surface area is 163 Å². The lowest BCUT2D eigenvalue weighted by Gasteiger charge is -2.12. The summed E-state index contributed by atoms with van der Waals surface area (Å²) in [6.45, 7) is 2.41. The lowest BCUT2D eigenvalue weighted by Crippen LogP contribution is -2.39. The standard InChI is InChI=1S/C18H22FN5.HI/c1-20-18(22-8-11-24-9-2-3-10-24)21-7-6-14-13-23-17-5-4-15(19)12-16(14)17;/h2-5,9-10,12-13,23H,6-8,11H2,1H3,(H2,20,21,22);1H. The van der Waals surface area contributed by atoms with Gasteiger partial charge in [0.2, 0.25) is 0 Å². The van der Waals surface area contributed by atoms with Crippen molar-refractivity contribution in [1.82, 2.24) is 20.2 Å². The van der Waals surface area contributed by atoms with E-state index < -0.39 is 0 Å². The second-order valence-electron chi connectivity index (χ2n) is 5.60. The molecule has 0 aliphatic heterocycles. The van der Waals surface area contributed by atoms with Crippen molar-refractivity contribution in [3.8, 4) is 0 Å². The Hall–Kier alpha value is -2.03. The molecule has 25 heavy (non-hydrogen) atoms. The van der Waals surface area contributed by atoms with Crippen LogP contribution < -0.4 is 10.6 Å². The Balaban J connectivity index is 0.00000225. The van der Waals surface area contributed by atoms with E-state index in [-0.39, 0.29) is 29.8 Å². The number of guanidine groups is 1. The van der Waals surface area contributed by atoms with E-state index in [2.05, 4.69) is 25.2 Å². The van der Waals surface area contributed by atoms with Crippen LogP contribution in [0.15, 0.2) is 53.9 Å². The quantitative estimate of drug-likeness (QED) is 0.304. The second-order valence-corrected chi connectivity index (χ2v) is 5.60. The molecule has 2 aromatic heterocycles. The van der Waals surface area contributed by atoms with Crippen LogP contribution in [0.2, 0.25) is 0 Å². The van der Waals surface area contributed by atoms with Crippen molar-refractivity contribution in [2.45, 2.75) is 13.0 Å². The van der Waals surface area contributed by atoms with Gasteiger partial charge in [-0.2, -0.15) is 0 Å². The molecule has 0 spiro atoms. The predicted octanol–water partition coefficient (Wildman–Crippen LogP) is 3.13. The smallest absolute Gasteiger partial charge is 0.191 e. The highest BCUT2D eigenvalue weighted by molar-refractivity contribution is 14.0. The average Bonchev–Trinajstić information content (AvgIpc) is 3.23. The van der Waals surface area contributed by atoms with Crippen molar-refractivity contribution in [1.29, 1.82) is 0 Å². The highest BCUT2D eigenvalue weighted by atomic mass is 127. The van der Waals surface area contributed by atoms with Crippen LogP contribution in [0.5, 0.6) is 0 Å². The van der Waals surface area contributed by atoms with Gasteiger partial charge in [0.25, 0.3) is 0 Å². The minimum absolute atomic E-state index is 0. The van der Waals surface area contributed by atoms with Gasteiger partial charge < -0.3 is 20.2 Å². The molecule has 0 radical (unpaired) electrons. The van der Waals surface area contributed by atoms with Crippen LogP contribution >= 0.6 is 24.0 Å². The number of fused-ring (bicyclic) bond motifs is 1. The van der Waals surface area contributed by atoms with E-state index in [4.69, 9.17) is 0 Å². The Morgan fingerprint density at radius 3 is 2.72 bits per heavy atom. The first kappa shape index (κ1) is 19.3. The van der Waals surface area contributed by atoms with Crippen LogP contribution in [-0.2, 0) is 13.0 Å². The number of rotatable bonds is 6. The SMILES string of the molecule is CN=C(NCCc1c[nH]c2ccc(F)cc12)NCCn1cccc1.I. The fourth-order valence-electron chi connectivity index (χ4n) is 2.72. The number of nitrogens with one attached hydrogen (secondary N) is 3. The number of hydrogen-bond donors (Lipinski definition) is 3. The summed E-state index contributed by atoms with van der Waals surface area (Å²) >= 11 is 0. The molecule has 134 valence electrons. The Morgan fingerprint density at radius 2 is 1.96 bits per heavy atom. The van der Waals surface area contributed by atoms with Crippen molar-refractivity contribution in [2.75, 3.05) is 20.1 Å². The largest absolute Gasteiger partial charge is 0.361 e. The van der Waals surface area contributed by atoms with Gasteiger partial charge in [-0.1, -0.05) is 0 Å². The van der Waals surface area contributed by atoms with E-state index in [1.807, 2.05) is 30.7 Å². The number of H-pyrrole nitrogens is 1. The highest BCUT2D eigenvalue weighted by Crippen LogP contribution is 2.19. The Bertz CT molecular complexity index is 810. The Morgan fingerprint density at radius 1 is 1.20 bits per heavy atom. The van der Waals surface area contributed by atoms with E-state index in [1.54, 1.807) is 19.2 Å². The number of benzene rings is 1. The highest BCUT2D eigenvalue weighted by Gasteiger charge is 2.05. The van der Waals surface area contributed by atoms with E-state index in [1.165, 1.54) is 6.07 Å². The molecule has 0 saturated carbocycles. The summed E-state index contributed by atoms with van der Waals surface area (Å²) in [5, 5.41) is 7.51. The zero-order valence-corrected chi connectivity index (χ0v) is 16.5. The van der Waals surface area contributed by atoms with Gasteiger partial charge in [-0.05, 0) is 42.3 Å². The molecule has 0 amide bonds. The number of aliphatic imine (C=N–C) groups is 1. The van der Waals surface area contributed by atoms with Crippen LogP contribution in [0.1, 0.15) is 5.56 Å². The van der Waals surface area contributed by atoms with Crippen LogP contribution in [0.3, 0.4) is 0 Å². The van der Waals surface area contributed by atoms with Crippen LogP contribution in [-0.4, -0.2) is 35.6 Å². The van der Waals surface area contributed by atoms with Gasteiger partial charge in [0.15, 0.2) is 5.96 Å². The van der Waals surface area contributed by atoms with E-state index >= 15 is 0 Å². The van der Waals surface area contributed by atoms with Crippen LogP contribution in [0, 0.1) is 5.82 Å². The van der Waals surface area contributed by atoms with Gasteiger partial charge in [-0.3, -0.25) is 4.99 Å². The van der Waals surface area contributed by atoms with Gasteiger partial charge in [0.05, 0.1) is 0 Å². The molecule has 0 aliphatic carbocycles. The van der Waals surface area contributed by atoms with Crippen molar-refractivity contribution in [2.24, 2.45) is 4.99 Å². The monoisotopic (exact) mass is 455 g/mol. The molecule has 5 nitrogen and oxygen atoms in total.